The third kappa shape index (κ3) is 1.80. The molecule has 7 nitrogen and oxygen atoms in total. The van der Waals surface area contributed by atoms with Crippen molar-refractivity contribution >= 4 is 11.6 Å². The van der Waals surface area contributed by atoms with E-state index < -0.39 is 0 Å². The molecule has 0 atom stereocenters. The molecular formula is C8H8N6O. The van der Waals surface area contributed by atoms with Crippen molar-refractivity contribution in [1.29, 1.82) is 0 Å². The summed E-state index contributed by atoms with van der Waals surface area (Å²) >= 11 is 0. The van der Waals surface area contributed by atoms with Crippen LogP contribution in [0, 0.1) is 0 Å². The average molecular weight is 204 g/mol. The minimum absolute atomic E-state index is 0.0290. The van der Waals surface area contributed by atoms with Crippen LogP contribution in [0.3, 0.4) is 0 Å². The summed E-state index contributed by atoms with van der Waals surface area (Å²) in [6.45, 7) is 0. The first-order valence-electron chi connectivity index (χ1n) is 4.20. The van der Waals surface area contributed by atoms with Gasteiger partial charge >= 0.3 is 0 Å². The number of nitrogens with zero attached hydrogens (tertiary/aromatic N) is 5. The van der Waals surface area contributed by atoms with Crippen molar-refractivity contribution in [2.75, 3.05) is 11.9 Å². The van der Waals surface area contributed by atoms with Gasteiger partial charge in [-0.2, -0.15) is 5.21 Å². The topological polar surface area (TPSA) is 87.7 Å². The molecule has 2 rings (SSSR count). The quantitative estimate of drug-likeness (QED) is 0.736. The molecule has 2 aromatic heterocycles. The van der Waals surface area contributed by atoms with Gasteiger partial charge in [-0.05, 0) is 17.3 Å². The largest absolute Gasteiger partial charge is 0.307 e. The van der Waals surface area contributed by atoms with Gasteiger partial charge in [0.15, 0.2) is 0 Å². The number of aromatic amines is 1. The van der Waals surface area contributed by atoms with Gasteiger partial charge in [-0.25, -0.2) is 0 Å². The summed E-state index contributed by atoms with van der Waals surface area (Å²) in [5.74, 6) is -0.307. The number of hydrogen-bond acceptors (Lipinski definition) is 5. The van der Waals surface area contributed by atoms with Gasteiger partial charge in [-0.3, -0.25) is 9.78 Å². The minimum atomic E-state index is -0.336. The van der Waals surface area contributed by atoms with Crippen LogP contribution in [-0.4, -0.2) is 38.6 Å². The van der Waals surface area contributed by atoms with E-state index in [1.807, 2.05) is 0 Å². The number of nitrogens with one attached hydrogen (secondary N) is 1. The van der Waals surface area contributed by atoms with Crippen molar-refractivity contribution < 1.29 is 4.79 Å². The molecule has 0 spiro atoms. The van der Waals surface area contributed by atoms with Crippen molar-refractivity contribution in [1.82, 2.24) is 25.6 Å². The molecule has 0 saturated heterocycles. The van der Waals surface area contributed by atoms with Crippen molar-refractivity contribution in [3.8, 4) is 0 Å². The molecule has 0 radical (unpaired) electrons. The summed E-state index contributed by atoms with van der Waals surface area (Å²) in [4.78, 5) is 17.0. The predicted molar refractivity (Wildman–Crippen MR) is 51.1 cm³/mol. The highest BCUT2D eigenvalue weighted by Gasteiger charge is 2.17. The van der Waals surface area contributed by atoms with E-state index in [4.69, 9.17) is 0 Å². The number of rotatable bonds is 2. The number of hydrogen-bond donors (Lipinski definition) is 1. The second-order valence-corrected chi connectivity index (χ2v) is 2.81. The number of tetrazole rings is 1. The zero-order valence-corrected chi connectivity index (χ0v) is 7.95. The van der Waals surface area contributed by atoms with Gasteiger partial charge in [-0.15, -0.1) is 10.2 Å². The van der Waals surface area contributed by atoms with E-state index in [1.165, 1.54) is 4.90 Å². The average Bonchev–Trinajstić information content (AvgIpc) is 2.82. The molecule has 7 heteroatoms. The second-order valence-electron chi connectivity index (χ2n) is 2.81. The Hall–Kier alpha value is -2.31. The maximum atomic E-state index is 11.7. The van der Waals surface area contributed by atoms with Crippen LogP contribution in [0.4, 0.5) is 5.69 Å². The monoisotopic (exact) mass is 204 g/mol. The molecule has 1 amide bonds. The van der Waals surface area contributed by atoms with Crippen LogP contribution in [0.1, 0.15) is 10.6 Å². The summed E-state index contributed by atoms with van der Waals surface area (Å²) in [5, 5.41) is 12.8. The van der Waals surface area contributed by atoms with Gasteiger partial charge in [0.05, 0.1) is 11.9 Å². The van der Waals surface area contributed by atoms with Crippen LogP contribution >= 0.6 is 0 Å². The molecule has 0 aliphatic heterocycles. The predicted octanol–water partition coefficient (Wildman–Crippen LogP) is -0.129. The van der Waals surface area contributed by atoms with Gasteiger partial charge in [0, 0.05) is 13.2 Å². The number of H-pyrrole nitrogens is 1. The number of anilines is 1. The van der Waals surface area contributed by atoms with Crippen LogP contribution in [0.2, 0.25) is 0 Å². The highest BCUT2D eigenvalue weighted by Crippen LogP contribution is 2.10. The molecule has 0 aliphatic rings. The van der Waals surface area contributed by atoms with E-state index in [0.29, 0.717) is 5.69 Å². The molecular weight excluding hydrogens is 196 g/mol. The van der Waals surface area contributed by atoms with Gasteiger partial charge < -0.3 is 4.90 Å². The molecule has 1 N–H and O–H groups in total. The van der Waals surface area contributed by atoms with E-state index in [-0.39, 0.29) is 11.7 Å². The maximum absolute atomic E-state index is 11.7. The molecule has 76 valence electrons. The highest BCUT2D eigenvalue weighted by molar-refractivity contribution is 6.02. The van der Waals surface area contributed by atoms with E-state index in [1.54, 1.807) is 31.6 Å². The minimum Gasteiger partial charge on any atom is -0.307 e. The Morgan fingerprint density at radius 1 is 1.53 bits per heavy atom. The number of pyridine rings is 1. The third-order valence-electron chi connectivity index (χ3n) is 1.87. The molecule has 0 aliphatic carbocycles. The highest BCUT2D eigenvalue weighted by atomic mass is 16.2. The molecule has 0 fully saturated rings. The molecule has 2 aromatic rings. The third-order valence-corrected chi connectivity index (χ3v) is 1.87. The van der Waals surface area contributed by atoms with E-state index in [0.717, 1.165) is 0 Å². The van der Waals surface area contributed by atoms with Gasteiger partial charge in [-0.1, -0.05) is 0 Å². The Balaban J connectivity index is 2.23. The number of carbonyl (C=O) groups excluding carboxylic acids is 1. The van der Waals surface area contributed by atoms with Crippen LogP contribution in [0.5, 0.6) is 0 Å². The summed E-state index contributed by atoms with van der Waals surface area (Å²) in [6, 6.07) is 3.51. The van der Waals surface area contributed by atoms with Crippen LogP contribution < -0.4 is 4.90 Å². The van der Waals surface area contributed by atoms with E-state index >= 15 is 0 Å². The molecule has 2 heterocycles. The van der Waals surface area contributed by atoms with Crippen LogP contribution in [0.15, 0.2) is 24.5 Å². The summed E-state index contributed by atoms with van der Waals surface area (Å²) in [6.07, 6.45) is 3.22. The molecule has 0 unspecified atom stereocenters. The fourth-order valence-electron chi connectivity index (χ4n) is 1.07. The zero-order valence-electron chi connectivity index (χ0n) is 7.95. The molecule has 0 bridgehead atoms. The smallest absolute Gasteiger partial charge is 0.299 e. The summed E-state index contributed by atoms with van der Waals surface area (Å²) in [7, 11) is 1.62. The van der Waals surface area contributed by atoms with Gasteiger partial charge in [0.25, 0.3) is 11.7 Å². The fourth-order valence-corrected chi connectivity index (χ4v) is 1.07. The van der Waals surface area contributed by atoms with Gasteiger partial charge in [0.1, 0.15) is 0 Å². The first-order chi connectivity index (χ1) is 7.29. The SMILES string of the molecule is CN(C(=O)c1nn[nH]n1)c1cccnc1. The maximum Gasteiger partial charge on any atom is 0.299 e. The van der Waals surface area contributed by atoms with Gasteiger partial charge in [0.2, 0.25) is 0 Å². The van der Waals surface area contributed by atoms with Crippen molar-refractivity contribution in [3.63, 3.8) is 0 Å². The molecule has 0 saturated carbocycles. The lowest BCUT2D eigenvalue weighted by Gasteiger charge is -2.13. The molecule has 0 aromatic carbocycles. The fraction of sp³-hybridized carbons (Fsp3) is 0.125. The van der Waals surface area contributed by atoms with Crippen molar-refractivity contribution in [2.45, 2.75) is 0 Å². The Morgan fingerprint density at radius 2 is 2.40 bits per heavy atom. The first kappa shape index (κ1) is 9.25. The summed E-state index contributed by atoms with van der Waals surface area (Å²) in [5.41, 5.74) is 0.673. The van der Waals surface area contributed by atoms with Crippen molar-refractivity contribution in [2.24, 2.45) is 0 Å². The van der Waals surface area contributed by atoms with E-state index in [2.05, 4.69) is 25.6 Å². The summed E-state index contributed by atoms with van der Waals surface area (Å²) < 4.78 is 0. The lowest BCUT2D eigenvalue weighted by Crippen LogP contribution is -2.27. The Kier molecular flexibility index (Phi) is 2.36. The van der Waals surface area contributed by atoms with Crippen LogP contribution in [0.25, 0.3) is 0 Å². The zero-order chi connectivity index (χ0) is 10.7. The number of amides is 1. The second kappa shape index (κ2) is 3.82. The number of aromatic nitrogens is 5. The van der Waals surface area contributed by atoms with E-state index in [9.17, 15) is 4.79 Å². The lowest BCUT2D eigenvalue weighted by atomic mass is 10.3. The lowest BCUT2D eigenvalue weighted by molar-refractivity contribution is 0.0983. The standard InChI is InChI=1S/C8H8N6O/c1-14(6-3-2-4-9-5-6)8(15)7-10-12-13-11-7/h2-5H,1H3,(H,10,11,12,13). The number of carbonyl (C=O) groups is 1. The molecule has 15 heavy (non-hydrogen) atoms. The normalized spacial score (nSPS) is 9.93. The first-order valence-corrected chi connectivity index (χ1v) is 4.20. The Bertz CT molecular complexity index is 439. The Labute approximate surface area is 85.1 Å². The van der Waals surface area contributed by atoms with Crippen molar-refractivity contribution in [3.05, 3.63) is 30.4 Å². The Morgan fingerprint density at radius 3 is 3.00 bits per heavy atom. The van der Waals surface area contributed by atoms with Crippen LogP contribution in [-0.2, 0) is 0 Å².